The molecular formula is C9H8N2O3. The summed E-state index contributed by atoms with van der Waals surface area (Å²) in [6, 6.07) is 0.240. The average Bonchev–Trinajstić information content (AvgIpc) is 2.59. The number of ketones is 1. The lowest BCUT2D eigenvalue weighted by Crippen LogP contribution is -2.12. The van der Waals surface area contributed by atoms with Gasteiger partial charge < -0.3 is 9.47 Å². The van der Waals surface area contributed by atoms with Gasteiger partial charge in [-0.2, -0.15) is 9.98 Å². The molecule has 0 fully saturated rings. The summed E-state index contributed by atoms with van der Waals surface area (Å²) in [4.78, 5) is 19.2. The van der Waals surface area contributed by atoms with E-state index < -0.39 is 0 Å². The van der Waals surface area contributed by atoms with Crippen LogP contribution in [0, 0.1) is 0 Å². The SMILES string of the molecule is COC1=CC(=O)C=C2N=C(OC)N=C21. The molecule has 0 saturated carbocycles. The lowest BCUT2D eigenvalue weighted by Gasteiger charge is -2.08. The first kappa shape index (κ1) is 8.68. The molecule has 0 aromatic carbocycles. The minimum Gasteiger partial charge on any atom is -0.494 e. The molecule has 2 rings (SSSR count). The van der Waals surface area contributed by atoms with E-state index in [-0.39, 0.29) is 11.8 Å². The average molecular weight is 192 g/mol. The minimum atomic E-state index is -0.156. The van der Waals surface area contributed by atoms with Crippen LogP contribution in [-0.4, -0.2) is 31.7 Å². The second-order valence-corrected chi connectivity index (χ2v) is 2.70. The summed E-state index contributed by atoms with van der Waals surface area (Å²) in [7, 11) is 2.95. The molecular weight excluding hydrogens is 184 g/mol. The van der Waals surface area contributed by atoms with Crippen LogP contribution in [0.25, 0.3) is 0 Å². The molecule has 0 amide bonds. The van der Waals surface area contributed by atoms with Crippen molar-refractivity contribution in [3.05, 3.63) is 23.6 Å². The van der Waals surface area contributed by atoms with Crippen molar-refractivity contribution in [1.82, 2.24) is 0 Å². The number of allylic oxidation sites excluding steroid dienone is 2. The molecule has 0 atom stereocenters. The maximum atomic E-state index is 11.2. The van der Waals surface area contributed by atoms with Crippen LogP contribution >= 0.6 is 0 Å². The quantitative estimate of drug-likeness (QED) is 0.566. The summed E-state index contributed by atoms with van der Waals surface area (Å²) in [6.07, 6.45) is 2.77. The van der Waals surface area contributed by atoms with Crippen molar-refractivity contribution < 1.29 is 14.3 Å². The number of amidine groups is 1. The molecule has 0 aromatic rings. The summed E-state index contributed by atoms with van der Waals surface area (Å²) in [5.74, 6) is 0.264. The van der Waals surface area contributed by atoms with Gasteiger partial charge >= 0.3 is 6.02 Å². The summed E-state index contributed by atoms with van der Waals surface area (Å²) < 4.78 is 9.87. The first-order valence-electron chi connectivity index (χ1n) is 3.98. The van der Waals surface area contributed by atoms with E-state index in [0.717, 1.165) is 0 Å². The van der Waals surface area contributed by atoms with Gasteiger partial charge in [0.25, 0.3) is 0 Å². The van der Waals surface area contributed by atoms with Gasteiger partial charge in [-0.3, -0.25) is 4.79 Å². The second kappa shape index (κ2) is 3.10. The van der Waals surface area contributed by atoms with E-state index in [1.807, 2.05) is 0 Å². The number of carbonyl (C=O) groups excluding carboxylic acids is 1. The van der Waals surface area contributed by atoms with E-state index in [9.17, 15) is 4.79 Å². The molecule has 1 aliphatic heterocycles. The Balaban J connectivity index is 2.43. The Hall–Kier alpha value is -1.91. The Morgan fingerprint density at radius 2 is 1.93 bits per heavy atom. The third-order valence-electron chi connectivity index (χ3n) is 1.85. The van der Waals surface area contributed by atoms with E-state index in [1.165, 1.54) is 26.4 Å². The molecule has 0 N–H and O–H groups in total. The highest BCUT2D eigenvalue weighted by molar-refractivity contribution is 6.26. The van der Waals surface area contributed by atoms with E-state index in [4.69, 9.17) is 9.47 Å². The lowest BCUT2D eigenvalue weighted by atomic mass is 10.1. The number of ether oxygens (including phenoxy) is 2. The van der Waals surface area contributed by atoms with Crippen LogP contribution in [0.5, 0.6) is 0 Å². The zero-order chi connectivity index (χ0) is 10.1. The summed E-state index contributed by atoms with van der Waals surface area (Å²) in [6.45, 7) is 0. The van der Waals surface area contributed by atoms with Crippen molar-refractivity contribution in [2.75, 3.05) is 14.2 Å². The fourth-order valence-corrected chi connectivity index (χ4v) is 1.24. The molecule has 0 unspecified atom stereocenters. The fourth-order valence-electron chi connectivity index (χ4n) is 1.24. The van der Waals surface area contributed by atoms with E-state index >= 15 is 0 Å². The van der Waals surface area contributed by atoms with Crippen LogP contribution in [0.2, 0.25) is 0 Å². The van der Waals surface area contributed by atoms with Gasteiger partial charge in [0, 0.05) is 12.2 Å². The Labute approximate surface area is 80.4 Å². The van der Waals surface area contributed by atoms with E-state index in [0.29, 0.717) is 17.2 Å². The molecule has 0 aromatic heterocycles. The van der Waals surface area contributed by atoms with Crippen molar-refractivity contribution >= 4 is 17.5 Å². The molecule has 5 heteroatoms. The molecule has 14 heavy (non-hydrogen) atoms. The Morgan fingerprint density at radius 1 is 1.14 bits per heavy atom. The predicted molar refractivity (Wildman–Crippen MR) is 50.1 cm³/mol. The molecule has 0 radical (unpaired) electrons. The maximum absolute atomic E-state index is 11.2. The number of hydrogen-bond donors (Lipinski definition) is 0. The number of hydrogen-bond acceptors (Lipinski definition) is 5. The zero-order valence-electron chi connectivity index (χ0n) is 7.77. The molecule has 1 heterocycles. The van der Waals surface area contributed by atoms with E-state index in [1.54, 1.807) is 0 Å². The predicted octanol–water partition coefficient (Wildman–Crippen LogP) is 0.440. The second-order valence-electron chi connectivity index (χ2n) is 2.70. The molecule has 2 aliphatic rings. The number of rotatable bonds is 1. The van der Waals surface area contributed by atoms with E-state index in [2.05, 4.69) is 9.98 Å². The van der Waals surface area contributed by atoms with Gasteiger partial charge in [0.05, 0.1) is 14.2 Å². The van der Waals surface area contributed by atoms with Crippen molar-refractivity contribution in [2.45, 2.75) is 0 Å². The Morgan fingerprint density at radius 3 is 2.57 bits per heavy atom. The monoisotopic (exact) mass is 192 g/mol. The van der Waals surface area contributed by atoms with Crippen LogP contribution in [0.4, 0.5) is 0 Å². The largest absolute Gasteiger partial charge is 0.494 e. The first-order valence-corrected chi connectivity index (χ1v) is 3.98. The van der Waals surface area contributed by atoms with Gasteiger partial charge in [0.2, 0.25) is 0 Å². The minimum absolute atomic E-state index is 0.156. The van der Waals surface area contributed by atoms with Crippen LogP contribution in [-0.2, 0) is 14.3 Å². The standard InChI is InChI=1S/C9H8N2O3/c1-13-7-4-5(12)3-6-8(7)11-9(10-6)14-2/h3-4H,1-2H3. The van der Waals surface area contributed by atoms with Crippen LogP contribution in [0.1, 0.15) is 0 Å². The number of aliphatic imine (C=N–C) groups is 2. The molecule has 5 nitrogen and oxygen atoms in total. The smallest absolute Gasteiger partial charge is 0.317 e. The Bertz CT molecular complexity index is 416. The third-order valence-corrected chi connectivity index (χ3v) is 1.85. The van der Waals surface area contributed by atoms with Gasteiger partial charge in [-0.15, -0.1) is 0 Å². The highest BCUT2D eigenvalue weighted by Crippen LogP contribution is 2.21. The summed E-state index contributed by atoms with van der Waals surface area (Å²) >= 11 is 0. The topological polar surface area (TPSA) is 60.2 Å². The van der Waals surface area contributed by atoms with Crippen LogP contribution in [0.15, 0.2) is 33.6 Å². The van der Waals surface area contributed by atoms with Gasteiger partial charge in [0.15, 0.2) is 11.5 Å². The number of fused-ring (bicyclic) bond motifs is 1. The molecule has 72 valence electrons. The third kappa shape index (κ3) is 1.22. The highest BCUT2D eigenvalue weighted by Gasteiger charge is 2.26. The molecule has 0 spiro atoms. The zero-order valence-corrected chi connectivity index (χ0v) is 7.77. The van der Waals surface area contributed by atoms with Gasteiger partial charge in [0.1, 0.15) is 11.4 Å². The Kier molecular flexibility index (Phi) is 1.92. The number of carbonyl (C=O) groups is 1. The van der Waals surface area contributed by atoms with Crippen molar-refractivity contribution in [2.24, 2.45) is 9.98 Å². The normalized spacial score (nSPS) is 19.1. The molecule has 0 bridgehead atoms. The number of nitrogens with zero attached hydrogens (tertiary/aromatic N) is 2. The lowest BCUT2D eigenvalue weighted by molar-refractivity contribution is -0.110. The van der Waals surface area contributed by atoms with Gasteiger partial charge in [-0.25, -0.2) is 0 Å². The maximum Gasteiger partial charge on any atom is 0.317 e. The fraction of sp³-hybridized carbons (Fsp3) is 0.222. The highest BCUT2D eigenvalue weighted by atomic mass is 16.5. The molecule has 1 aliphatic carbocycles. The first-order chi connectivity index (χ1) is 6.74. The summed E-state index contributed by atoms with van der Waals surface area (Å²) in [5, 5.41) is 0. The van der Waals surface area contributed by atoms with Crippen molar-refractivity contribution in [3.63, 3.8) is 0 Å². The molecule has 0 saturated heterocycles. The van der Waals surface area contributed by atoms with Gasteiger partial charge in [-0.1, -0.05) is 0 Å². The van der Waals surface area contributed by atoms with Gasteiger partial charge in [-0.05, 0) is 0 Å². The van der Waals surface area contributed by atoms with Crippen molar-refractivity contribution in [1.29, 1.82) is 0 Å². The number of methoxy groups -OCH3 is 2. The summed E-state index contributed by atoms with van der Waals surface area (Å²) in [5.41, 5.74) is 1.04. The van der Waals surface area contributed by atoms with Crippen molar-refractivity contribution in [3.8, 4) is 0 Å². The van der Waals surface area contributed by atoms with Crippen LogP contribution in [0.3, 0.4) is 0 Å². The van der Waals surface area contributed by atoms with Crippen LogP contribution < -0.4 is 0 Å².